The van der Waals surface area contributed by atoms with Gasteiger partial charge < -0.3 is 9.47 Å². The van der Waals surface area contributed by atoms with Gasteiger partial charge in [0.25, 0.3) is 0 Å². The summed E-state index contributed by atoms with van der Waals surface area (Å²) in [5.41, 5.74) is 0.487. The molecule has 0 bridgehead atoms. The molecule has 2 rings (SSSR count). The molecule has 0 amide bonds. The normalized spacial score (nSPS) is 17.0. The lowest BCUT2D eigenvalue weighted by Gasteiger charge is -2.40. The second kappa shape index (κ2) is 6.46. The van der Waals surface area contributed by atoms with Crippen LogP contribution in [0.5, 0.6) is 11.5 Å². The Morgan fingerprint density at radius 2 is 1.83 bits per heavy atom. The Labute approximate surface area is 118 Å². The first-order valence-electron chi connectivity index (χ1n) is 6.70. The Balaban J connectivity index is 1.86. The molecule has 2 nitrogen and oxygen atoms in total. The first kappa shape index (κ1) is 13.7. The summed E-state index contributed by atoms with van der Waals surface area (Å²) in [6.45, 7) is 3.44. The Morgan fingerprint density at radius 1 is 1.17 bits per heavy atom. The zero-order valence-electron chi connectivity index (χ0n) is 11.0. The van der Waals surface area contributed by atoms with Gasteiger partial charge in [0, 0.05) is 5.33 Å². The van der Waals surface area contributed by atoms with Gasteiger partial charge in [-0.3, -0.25) is 0 Å². The van der Waals surface area contributed by atoms with Gasteiger partial charge in [-0.1, -0.05) is 34.5 Å². The average molecular weight is 313 g/mol. The molecule has 0 radical (unpaired) electrons. The molecule has 0 heterocycles. The summed E-state index contributed by atoms with van der Waals surface area (Å²) in [4.78, 5) is 0. The van der Waals surface area contributed by atoms with E-state index in [0.29, 0.717) is 12.0 Å². The highest BCUT2D eigenvalue weighted by Crippen LogP contribution is 2.45. The van der Waals surface area contributed by atoms with Crippen molar-refractivity contribution >= 4 is 15.9 Å². The highest BCUT2D eigenvalue weighted by Gasteiger charge is 2.35. The molecule has 0 unspecified atom stereocenters. The van der Waals surface area contributed by atoms with Crippen LogP contribution in [-0.2, 0) is 0 Å². The smallest absolute Gasteiger partial charge is 0.161 e. The Hall–Kier alpha value is -0.700. The minimum atomic E-state index is 0.487. The van der Waals surface area contributed by atoms with Crippen LogP contribution < -0.4 is 9.47 Å². The molecule has 1 fully saturated rings. The molecule has 1 aliphatic rings. The van der Waals surface area contributed by atoms with Gasteiger partial charge in [0.2, 0.25) is 0 Å². The summed E-state index contributed by atoms with van der Waals surface area (Å²) in [6.07, 6.45) is 5.14. The van der Waals surface area contributed by atoms with E-state index < -0.39 is 0 Å². The van der Waals surface area contributed by atoms with Crippen molar-refractivity contribution in [1.29, 1.82) is 0 Å². The summed E-state index contributed by atoms with van der Waals surface area (Å²) in [6, 6.07) is 7.90. The summed E-state index contributed by atoms with van der Waals surface area (Å²) in [5.74, 6) is 1.71. The van der Waals surface area contributed by atoms with Crippen LogP contribution in [0.3, 0.4) is 0 Å². The van der Waals surface area contributed by atoms with Crippen LogP contribution in [0.4, 0.5) is 0 Å². The lowest BCUT2D eigenvalue weighted by Crippen LogP contribution is -2.32. The maximum absolute atomic E-state index is 5.88. The second-order valence-corrected chi connectivity index (χ2v) is 5.53. The van der Waals surface area contributed by atoms with Crippen LogP contribution in [0, 0.1) is 5.41 Å². The van der Waals surface area contributed by atoms with E-state index in [1.165, 1.54) is 19.3 Å². The minimum absolute atomic E-state index is 0.487. The molecule has 18 heavy (non-hydrogen) atoms. The summed E-state index contributed by atoms with van der Waals surface area (Å²) in [7, 11) is 0. The van der Waals surface area contributed by atoms with Crippen molar-refractivity contribution in [3.05, 3.63) is 24.3 Å². The fourth-order valence-electron chi connectivity index (χ4n) is 2.35. The molecule has 0 aromatic heterocycles. The quantitative estimate of drug-likeness (QED) is 0.694. The average Bonchev–Trinajstić information content (AvgIpc) is 2.35. The van der Waals surface area contributed by atoms with E-state index in [0.717, 1.165) is 29.9 Å². The van der Waals surface area contributed by atoms with Gasteiger partial charge in [-0.15, -0.1) is 0 Å². The number of benzene rings is 1. The van der Waals surface area contributed by atoms with E-state index in [4.69, 9.17) is 9.47 Å². The van der Waals surface area contributed by atoms with E-state index in [1.54, 1.807) is 0 Å². The summed E-state index contributed by atoms with van der Waals surface area (Å²) >= 11 is 3.63. The number of ether oxygens (including phenoxy) is 2. The molecule has 0 N–H and O–H groups in total. The van der Waals surface area contributed by atoms with Crippen LogP contribution >= 0.6 is 15.9 Å². The molecule has 0 aliphatic heterocycles. The van der Waals surface area contributed by atoms with E-state index in [9.17, 15) is 0 Å². The van der Waals surface area contributed by atoms with Crippen LogP contribution in [0.25, 0.3) is 0 Å². The first-order chi connectivity index (χ1) is 8.79. The Kier molecular flexibility index (Phi) is 4.93. The largest absolute Gasteiger partial charge is 0.490 e. The highest BCUT2D eigenvalue weighted by atomic mass is 79.9. The number of alkyl halides is 1. The van der Waals surface area contributed by atoms with Gasteiger partial charge in [0.05, 0.1) is 13.2 Å². The molecule has 1 aromatic carbocycles. The number of hydrogen-bond acceptors (Lipinski definition) is 2. The zero-order valence-corrected chi connectivity index (χ0v) is 12.5. The predicted octanol–water partition coefficient (Wildman–Crippen LogP) is 4.42. The van der Waals surface area contributed by atoms with Gasteiger partial charge in [-0.05, 0) is 43.7 Å². The molecule has 1 saturated carbocycles. The van der Waals surface area contributed by atoms with Crippen molar-refractivity contribution < 1.29 is 9.47 Å². The van der Waals surface area contributed by atoms with Crippen LogP contribution in [-0.4, -0.2) is 18.5 Å². The maximum Gasteiger partial charge on any atom is 0.161 e. The molecular formula is C15H21BrO2. The first-order valence-corrected chi connectivity index (χ1v) is 7.82. The molecule has 1 aliphatic carbocycles. The van der Waals surface area contributed by atoms with Crippen molar-refractivity contribution in [2.75, 3.05) is 18.5 Å². The highest BCUT2D eigenvalue weighted by molar-refractivity contribution is 9.09. The fourth-order valence-corrected chi connectivity index (χ4v) is 3.19. The number of hydrogen-bond donors (Lipinski definition) is 0. The standard InChI is InChI=1S/C15H21BrO2/c1-2-17-13-6-3-4-7-14(13)18-11-10-15(12-16)8-5-9-15/h3-4,6-7H,2,5,8-12H2,1H3. The fraction of sp³-hybridized carbons (Fsp3) is 0.600. The number of halogens is 1. The second-order valence-electron chi connectivity index (χ2n) is 4.97. The van der Waals surface area contributed by atoms with E-state index >= 15 is 0 Å². The van der Waals surface area contributed by atoms with Crippen LogP contribution in [0.2, 0.25) is 0 Å². The Morgan fingerprint density at radius 3 is 2.33 bits per heavy atom. The van der Waals surface area contributed by atoms with Gasteiger partial charge in [-0.2, -0.15) is 0 Å². The molecule has 0 spiro atoms. The van der Waals surface area contributed by atoms with Crippen LogP contribution in [0.15, 0.2) is 24.3 Å². The van der Waals surface area contributed by atoms with E-state index in [2.05, 4.69) is 15.9 Å². The van der Waals surface area contributed by atoms with Gasteiger partial charge in [-0.25, -0.2) is 0 Å². The third kappa shape index (κ3) is 3.19. The van der Waals surface area contributed by atoms with Gasteiger partial charge >= 0.3 is 0 Å². The predicted molar refractivity (Wildman–Crippen MR) is 77.8 cm³/mol. The molecule has 0 saturated heterocycles. The monoisotopic (exact) mass is 312 g/mol. The van der Waals surface area contributed by atoms with Crippen LogP contribution in [0.1, 0.15) is 32.6 Å². The molecule has 0 atom stereocenters. The number of rotatable bonds is 7. The molecular weight excluding hydrogens is 292 g/mol. The molecule has 100 valence electrons. The van der Waals surface area contributed by atoms with Crippen molar-refractivity contribution in [2.45, 2.75) is 32.6 Å². The SMILES string of the molecule is CCOc1ccccc1OCCC1(CBr)CCC1. The number of para-hydroxylation sites is 2. The van der Waals surface area contributed by atoms with Gasteiger partial charge in [0.1, 0.15) is 0 Å². The molecule has 1 aromatic rings. The van der Waals surface area contributed by atoms with Crippen molar-refractivity contribution in [1.82, 2.24) is 0 Å². The summed E-state index contributed by atoms with van der Waals surface area (Å²) < 4.78 is 11.4. The summed E-state index contributed by atoms with van der Waals surface area (Å²) in [5, 5.41) is 1.09. The Bertz CT molecular complexity index is 369. The lowest BCUT2D eigenvalue weighted by molar-refractivity contribution is 0.121. The van der Waals surface area contributed by atoms with Crippen molar-refractivity contribution in [2.24, 2.45) is 5.41 Å². The van der Waals surface area contributed by atoms with E-state index in [1.807, 2.05) is 31.2 Å². The third-order valence-corrected chi connectivity index (χ3v) is 4.93. The zero-order chi connectivity index (χ0) is 12.8. The minimum Gasteiger partial charge on any atom is -0.490 e. The lowest BCUT2D eigenvalue weighted by atomic mass is 9.68. The maximum atomic E-state index is 5.88. The topological polar surface area (TPSA) is 18.5 Å². The van der Waals surface area contributed by atoms with Crippen molar-refractivity contribution in [3.63, 3.8) is 0 Å². The van der Waals surface area contributed by atoms with E-state index in [-0.39, 0.29) is 0 Å². The molecule has 3 heteroatoms. The van der Waals surface area contributed by atoms with Crippen molar-refractivity contribution in [3.8, 4) is 11.5 Å². The van der Waals surface area contributed by atoms with Gasteiger partial charge in [0.15, 0.2) is 11.5 Å². The third-order valence-electron chi connectivity index (χ3n) is 3.74.